The highest BCUT2D eigenvalue weighted by atomic mass is 19.1. The smallest absolute Gasteiger partial charge is 0.227 e. The molecule has 5 nitrogen and oxygen atoms in total. The van der Waals surface area contributed by atoms with Gasteiger partial charge < -0.3 is 14.7 Å². The molecule has 1 saturated carbocycles. The van der Waals surface area contributed by atoms with Gasteiger partial charge in [0, 0.05) is 32.2 Å². The Bertz CT molecular complexity index is 588. The number of aliphatic hydroxyl groups excluding tert-OH is 1. The highest BCUT2D eigenvalue weighted by Crippen LogP contribution is 2.25. The number of hydrogen-bond acceptors (Lipinski definition) is 4. The third kappa shape index (κ3) is 3.70. The Kier molecular flexibility index (Phi) is 5.36. The summed E-state index contributed by atoms with van der Waals surface area (Å²) < 4.78 is 18.6. The van der Waals surface area contributed by atoms with Crippen LogP contribution in [-0.4, -0.2) is 66.2 Å². The lowest BCUT2D eigenvalue weighted by atomic mass is 10.1. The van der Waals surface area contributed by atoms with Crippen LogP contribution >= 0.6 is 0 Å². The Labute approximate surface area is 142 Å². The molecule has 1 aromatic rings. The summed E-state index contributed by atoms with van der Waals surface area (Å²) in [5.74, 6) is -0.232. The van der Waals surface area contributed by atoms with Gasteiger partial charge in [-0.2, -0.15) is 0 Å². The van der Waals surface area contributed by atoms with Crippen LogP contribution in [0.3, 0.4) is 0 Å². The summed E-state index contributed by atoms with van der Waals surface area (Å²) in [5.41, 5.74) is 0.659. The molecule has 0 aromatic heterocycles. The van der Waals surface area contributed by atoms with Gasteiger partial charge in [-0.3, -0.25) is 9.69 Å². The van der Waals surface area contributed by atoms with Crippen molar-refractivity contribution in [1.82, 2.24) is 9.80 Å². The van der Waals surface area contributed by atoms with Crippen LogP contribution in [0.25, 0.3) is 0 Å². The Morgan fingerprint density at radius 1 is 1.29 bits per heavy atom. The molecule has 0 unspecified atom stereocenters. The fourth-order valence-corrected chi connectivity index (χ4v) is 3.76. The van der Waals surface area contributed by atoms with Crippen LogP contribution in [0.4, 0.5) is 4.39 Å². The molecule has 132 valence electrons. The van der Waals surface area contributed by atoms with Crippen molar-refractivity contribution < 1.29 is 19.0 Å². The Hall–Kier alpha value is -1.66. The van der Waals surface area contributed by atoms with Crippen molar-refractivity contribution in [1.29, 1.82) is 0 Å². The fourth-order valence-electron chi connectivity index (χ4n) is 3.76. The minimum absolute atomic E-state index is 0.0196. The lowest BCUT2D eigenvalue weighted by Crippen LogP contribution is -2.53. The molecule has 24 heavy (non-hydrogen) atoms. The second kappa shape index (κ2) is 7.49. The molecule has 0 bridgehead atoms. The van der Waals surface area contributed by atoms with E-state index in [1.165, 1.54) is 13.2 Å². The second-order valence-corrected chi connectivity index (χ2v) is 6.63. The highest BCUT2D eigenvalue weighted by Gasteiger charge is 2.33. The lowest BCUT2D eigenvalue weighted by Gasteiger charge is -2.39. The Morgan fingerprint density at radius 3 is 2.62 bits per heavy atom. The summed E-state index contributed by atoms with van der Waals surface area (Å²) in [5, 5.41) is 10.0. The van der Waals surface area contributed by atoms with Gasteiger partial charge in [-0.05, 0) is 37.0 Å². The zero-order chi connectivity index (χ0) is 17.1. The highest BCUT2D eigenvalue weighted by molar-refractivity contribution is 5.79. The summed E-state index contributed by atoms with van der Waals surface area (Å²) in [6.45, 7) is 2.93. The standard InChI is InChI=1S/C18H25FN2O3/c1-24-17-6-5-13(11-14(17)19)12-18(23)21-9-7-20(8-10-21)15-3-2-4-16(15)22/h5-6,11,15-16,22H,2-4,7-10,12H2,1H3/t15-,16+/m1/s1. The molecule has 3 rings (SSSR count). The Morgan fingerprint density at radius 2 is 2.04 bits per heavy atom. The van der Waals surface area contributed by atoms with Crippen molar-refractivity contribution >= 4 is 5.91 Å². The van der Waals surface area contributed by atoms with E-state index >= 15 is 0 Å². The minimum Gasteiger partial charge on any atom is -0.494 e. The number of ether oxygens (including phenoxy) is 1. The third-order valence-corrected chi connectivity index (χ3v) is 5.15. The van der Waals surface area contributed by atoms with Crippen molar-refractivity contribution in [3.8, 4) is 5.75 Å². The number of carbonyl (C=O) groups excluding carboxylic acids is 1. The molecule has 2 atom stereocenters. The van der Waals surface area contributed by atoms with Gasteiger partial charge >= 0.3 is 0 Å². The van der Waals surface area contributed by atoms with Crippen LogP contribution in [0, 0.1) is 5.82 Å². The first-order chi connectivity index (χ1) is 11.6. The number of halogens is 1. The van der Waals surface area contributed by atoms with Crippen LogP contribution in [0.1, 0.15) is 24.8 Å². The van der Waals surface area contributed by atoms with Gasteiger partial charge in [-0.1, -0.05) is 6.07 Å². The molecule has 1 aromatic carbocycles. The van der Waals surface area contributed by atoms with Crippen LogP contribution in [0.15, 0.2) is 18.2 Å². The molecule has 1 N–H and O–H groups in total. The number of hydrogen-bond donors (Lipinski definition) is 1. The molecule has 1 amide bonds. The SMILES string of the molecule is COc1ccc(CC(=O)N2CCN([C@@H]3CCC[C@@H]3O)CC2)cc1F. The number of aliphatic hydroxyl groups is 1. The summed E-state index contributed by atoms with van der Waals surface area (Å²) in [4.78, 5) is 16.6. The average Bonchev–Trinajstić information content (AvgIpc) is 3.01. The van der Waals surface area contributed by atoms with E-state index in [2.05, 4.69) is 4.90 Å². The number of methoxy groups -OCH3 is 1. The number of benzene rings is 1. The number of amides is 1. The first-order valence-corrected chi connectivity index (χ1v) is 8.61. The average molecular weight is 336 g/mol. The molecule has 1 aliphatic heterocycles. The first-order valence-electron chi connectivity index (χ1n) is 8.61. The van der Waals surface area contributed by atoms with Crippen molar-refractivity contribution in [3.05, 3.63) is 29.6 Å². The summed E-state index contributed by atoms with van der Waals surface area (Å²) >= 11 is 0. The van der Waals surface area contributed by atoms with Crippen LogP contribution < -0.4 is 4.74 Å². The van der Waals surface area contributed by atoms with E-state index in [0.29, 0.717) is 18.7 Å². The molecular weight excluding hydrogens is 311 g/mol. The lowest BCUT2D eigenvalue weighted by molar-refractivity contribution is -0.132. The van der Waals surface area contributed by atoms with Gasteiger partial charge in [0.1, 0.15) is 0 Å². The van der Waals surface area contributed by atoms with Gasteiger partial charge in [0.25, 0.3) is 0 Å². The molecule has 1 saturated heterocycles. The molecule has 6 heteroatoms. The fraction of sp³-hybridized carbons (Fsp3) is 0.611. The maximum absolute atomic E-state index is 13.7. The number of rotatable bonds is 4. The van der Waals surface area contributed by atoms with Crippen molar-refractivity contribution in [2.75, 3.05) is 33.3 Å². The molecule has 0 radical (unpaired) electrons. The zero-order valence-corrected chi connectivity index (χ0v) is 14.1. The van der Waals surface area contributed by atoms with E-state index in [9.17, 15) is 14.3 Å². The third-order valence-electron chi connectivity index (χ3n) is 5.15. The van der Waals surface area contributed by atoms with E-state index < -0.39 is 5.82 Å². The van der Waals surface area contributed by atoms with Gasteiger partial charge in [0.15, 0.2) is 11.6 Å². The van der Waals surface area contributed by atoms with Gasteiger partial charge in [-0.25, -0.2) is 4.39 Å². The molecule has 2 fully saturated rings. The molecule has 1 aliphatic carbocycles. The topological polar surface area (TPSA) is 53.0 Å². The summed E-state index contributed by atoms with van der Waals surface area (Å²) in [6.07, 6.45) is 2.98. The van der Waals surface area contributed by atoms with Gasteiger partial charge in [0.2, 0.25) is 5.91 Å². The Balaban J connectivity index is 1.52. The van der Waals surface area contributed by atoms with Crippen LogP contribution in [0.5, 0.6) is 5.75 Å². The monoisotopic (exact) mass is 336 g/mol. The molecule has 0 spiro atoms. The molecule has 2 aliphatic rings. The van der Waals surface area contributed by atoms with Gasteiger partial charge in [-0.15, -0.1) is 0 Å². The predicted octanol–water partition coefficient (Wildman–Crippen LogP) is 1.43. The van der Waals surface area contributed by atoms with Crippen LogP contribution in [-0.2, 0) is 11.2 Å². The predicted molar refractivity (Wildman–Crippen MR) is 88.5 cm³/mol. The minimum atomic E-state index is -0.442. The summed E-state index contributed by atoms with van der Waals surface area (Å²) in [6, 6.07) is 4.89. The number of nitrogens with zero attached hydrogens (tertiary/aromatic N) is 2. The molecular formula is C18H25FN2O3. The maximum atomic E-state index is 13.7. The quantitative estimate of drug-likeness (QED) is 0.904. The molecule has 1 heterocycles. The summed E-state index contributed by atoms with van der Waals surface area (Å²) in [7, 11) is 1.42. The van der Waals surface area contributed by atoms with Crippen LogP contribution in [0.2, 0.25) is 0 Å². The van der Waals surface area contributed by atoms with Crippen molar-refractivity contribution in [2.24, 2.45) is 0 Å². The second-order valence-electron chi connectivity index (χ2n) is 6.63. The number of carbonyl (C=O) groups is 1. The zero-order valence-electron chi connectivity index (χ0n) is 14.1. The first kappa shape index (κ1) is 17.2. The largest absolute Gasteiger partial charge is 0.494 e. The van der Waals surface area contributed by atoms with Crippen molar-refractivity contribution in [2.45, 2.75) is 37.8 Å². The normalized spacial score (nSPS) is 25.0. The van der Waals surface area contributed by atoms with E-state index in [-0.39, 0.29) is 30.2 Å². The maximum Gasteiger partial charge on any atom is 0.227 e. The van der Waals surface area contributed by atoms with Crippen molar-refractivity contribution in [3.63, 3.8) is 0 Å². The van der Waals surface area contributed by atoms with E-state index in [4.69, 9.17) is 4.74 Å². The van der Waals surface area contributed by atoms with E-state index in [1.54, 1.807) is 12.1 Å². The van der Waals surface area contributed by atoms with E-state index in [1.807, 2.05) is 4.90 Å². The van der Waals surface area contributed by atoms with E-state index in [0.717, 1.165) is 32.4 Å². The van der Waals surface area contributed by atoms with Gasteiger partial charge in [0.05, 0.1) is 19.6 Å². The number of piperazine rings is 1.